The lowest BCUT2D eigenvalue weighted by Gasteiger charge is -2.48. The fourth-order valence-electron chi connectivity index (χ4n) is 3.40. The van der Waals surface area contributed by atoms with Gasteiger partial charge < -0.3 is 11.1 Å². The summed E-state index contributed by atoms with van der Waals surface area (Å²) < 4.78 is 0. The Bertz CT molecular complexity index is 191. The van der Waals surface area contributed by atoms with Crippen LogP contribution in [0.15, 0.2) is 0 Å². The lowest BCUT2D eigenvalue weighted by atomic mass is 9.70. The van der Waals surface area contributed by atoms with Crippen LogP contribution in [0.4, 0.5) is 0 Å². The Hall–Kier alpha value is -0.0800. The standard InChI is InChI=1S/C12H24N2/c1-3-10-8(2)12(13)9-6-4-5-7-11(9)14-10/h8-12,14H,3-7,13H2,1-2H3. The molecule has 2 fully saturated rings. The Balaban J connectivity index is 2.07. The monoisotopic (exact) mass is 196 g/mol. The van der Waals surface area contributed by atoms with E-state index in [0.717, 1.165) is 12.0 Å². The normalized spacial score (nSPS) is 48.6. The highest BCUT2D eigenvalue weighted by atomic mass is 15.0. The SMILES string of the molecule is CCC1NC2CCCCC2C(N)C1C. The highest BCUT2D eigenvalue weighted by molar-refractivity contribution is 4.98. The molecule has 0 bridgehead atoms. The first-order valence-corrected chi connectivity index (χ1v) is 6.25. The van der Waals surface area contributed by atoms with Crippen LogP contribution in [0.3, 0.4) is 0 Å². The topological polar surface area (TPSA) is 38.0 Å². The van der Waals surface area contributed by atoms with Crippen LogP contribution in [-0.2, 0) is 0 Å². The maximum Gasteiger partial charge on any atom is 0.0123 e. The van der Waals surface area contributed by atoms with Crippen molar-refractivity contribution >= 4 is 0 Å². The zero-order chi connectivity index (χ0) is 10.1. The van der Waals surface area contributed by atoms with E-state index in [2.05, 4.69) is 19.2 Å². The predicted octanol–water partition coefficient (Wildman–Crippen LogP) is 1.89. The van der Waals surface area contributed by atoms with Crippen molar-refractivity contribution in [3.8, 4) is 0 Å². The minimum Gasteiger partial charge on any atom is -0.327 e. The lowest BCUT2D eigenvalue weighted by Crippen LogP contribution is -2.61. The van der Waals surface area contributed by atoms with E-state index in [4.69, 9.17) is 5.73 Å². The van der Waals surface area contributed by atoms with Crippen LogP contribution >= 0.6 is 0 Å². The Morgan fingerprint density at radius 3 is 2.71 bits per heavy atom. The minimum absolute atomic E-state index is 0.437. The molecule has 5 atom stereocenters. The smallest absolute Gasteiger partial charge is 0.0123 e. The molecular formula is C12H24N2. The van der Waals surface area contributed by atoms with E-state index in [1.807, 2.05) is 0 Å². The summed E-state index contributed by atoms with van der Waals surface area (Å²) in [6, 6.07) is 1.82. The van der Waals surface area contributed by atoms with Crippen LogP contribution in [0.25, 0.3) is 0 Å². The molecular weight excluding hydrogens is 172 g/mol. The van der Waals surface area contributed by atoms with Crippen molar-refractivity contribution in [2.75, 3.05) is 0 Å². The summed E-state index contributed by atoms with van der Waals surface area (Å²) >= 11 is 0. The van der Waals surface area contributed by atoms with E-state index in [1.54, 1.807) is 0 Å². The highest BCUT2D eigenvalue weighted by Gasteiger charge is 2.40. The Morgan fingerprint density at radius 1 is 1.29 bits per heavy atom. The average molecular weight is 196 g/mol. The van der Waals surface area contributed by atoms with Gasteiger partial charge in [-0.15, -0.1) is 0 Å². The van der Waals surface area contributed by atoms with E-state index in [1.165, 1.54) is 32.1 Å². The van der Waals surface area contributed by atoms with Gasteiger partial charge in [0.1, 0.15) is 0 Å². The van der Waals surface area contributed by atoms with Gasteiger partial charge in [-0.3, -0.25) is 0 Å². The first kappa shape index (κ1) is 10.4. The molecule has 2 heteroatoms. The van der Waals surface area contributed by atoms with Gasteiger partial charge in [-0.1, -0.05) is 26.7 Å². The molecule has 82 valence electrons. The molecule has 0 aromatic heterocycles. The van der Waals surface area contributed by atoms with Crippen molar-refractivity contribution in [2.45, 2.75) is 64.1 Å². The van der Waals surface area contributed by atoms with Crippen molar-refractivity contribution < 1.29 is 0 Å². The zero-order valence-corrected chi connectivity index (χ0v) is 9.50. The molecule has 0 spiro atoms. The van der Waals surface area contributed by atoms with Crippen LogP contribution in [0.1, 0.15) is 46.0 Å². The fourth-order valence-corrected chi connectivity index (χ4v) is 3.40. The maximum atomic E-state index is 6.36. The molecule has 0 radical (unpaired) electrons. The zero-order valence-electron chi connectivity index (χ0n) is 9.50. The third-order valence-electron chi connectivity index (χ3n) is 4.42. The molecule has 1 aliphatic heterocycles. The van der Waals surface area contributed by atoms with E-state index < -0.39 is 0 Å². The van der Waals surface area contributed by atoms with E-state index in [-0.39, 0.29) is 0 Å². The largest absolute Gasteiger partial charge is 0.327 e. The molecule has 2 nitrogen and oxygen atoms in total. The highest BCUT2D eigenvalue weighted by Crippen LogP contribution is 2.34. The molecule has 0 aromatic rings. The molecule has 2 rings (SSSR count). The van der Waals surface area contributed by atoms with Gasteiger partial charge in [-0.05, 0) is 31.1 Å². The summed E-state index contributed by atoms with van der Waals surface area (Å²) in [6.07, 6.45) is 6.70. The van der Waals surface area contributed by atoms with Crippen LogP contribution in [0.5, 0.6) is 0 Å². The second kappa shape index (κ2) is 4.19. The third kappa shape index (κ3) is 1.70. The van der Waals surface area contributed by atoms with Crippen LogP contribution in [0.2, 0.25) is 0 Å². The molecule has 0 aromatic carbocycles. The number of hydrogen-bond acceptors (Lipinski definition) is 2. The average Bonchev–Trinajstić information content (AvgIpc) is 2.23. The quantitative estimate of drug-likeness (QED) is 0.672. The second-order valence-electron chi connectivity index (χ2n) is 5.17. The molecule has 0 amide bonds. The molecule has 1 saturated carbocycles. The molecule has 1 aliphatic carbocycles. The molecule has 14 heavy (non-hydrogen) atoms. The summed E-state index contributed by atoms with van der Waals surface area (Å²) in [6.45, 7) is 4.58. The first-order chi connectivity index (χ1) is 6.74. The predicted molar refractivity (Wildman–Crippen MR) is 60.1 cm³/mol. The van der Waals surface area contributed by atoms with Gasteiger partial charge in [0.25, 0.3) is 0 Å². The molecule has 1 saturated heterocycles. The Morgan fingerprint density at radius 2 is 2.00 bits per heavy atom. The van der Waals surface area contributed by atoms with Crippen molar-refractivity contribution in [1.82, 2.24) is 5.32 Å². The molecule has 5 unspecified atom stereocenters. The molecule has 1 heterocycles. The van der Waals surface area contributed by atoms with Crippen LogP contribution in [0, 0.1) is 11.8 Å². The van der Waals surface area contributed by atoms with Gasteiger partial charge >= 0.3 is 0 Å². The number of nitrogens with two attached hydrogens (primary N) is 1. The van der Waals surface area contributed by atoms with Crippen LogP contribution in [-0.4, -0.2) is 18.1 Å². The van der Waals surface area contributed by atoms with Gasteiger partial charge in [-0.25, -0.2) is 0 Å². The van der Waals surface area contributed by atoms with Gasteiger partial charge in [-0.2, -0.15) is 0 Å². The number of nitrogens with one attached hydrogen (secondary N) is 1. The number of rotatable bonds is 1. The van der Waals surface area contributed by atoms with Gasteiger partial charge in [0, 0.05) is 18.1 Å². The summed E-state index contributed by atoms with van der Waals surface area (Å²) in [5.41, 5.74) is 6.36. The summed E-state index contributed by atoms with van der Waals surface area (Å²) in [4.78, 5) is 0. The van der Waals surface area contributed by atoms with E-state index in [0.29, 0.717) is 18.0 Å². The molecule has 2 aliphatic rings. The lowest BCUT2D eigenvalue weighted by molar-refractivity contribution is 0.103. The second-order valence-corrected chi connectivity index (χ2v) is 5.17. The van der Waals surface area contributed by atoms with Gasteiger partial charge in [0.05, 0.1) is 0 Å². The van der Waals surface area contributed by atoms with Crippen molar-refractivity contribution in [3.05, 3.63) is 0 Å². The van der Waals surface area contributed by atoms with Crippen molar-refractivity contribution in [1.29, 1.82) is 0 Å². The number of hydrogen-bond donors (Lipinski definition) is 2. The fraction of sp³-hybridized carbons (Fsp3) is 1.00. The Labute approximate surface area is 87.6 Å². The van der Waals surface area contributed by atoms with E-state index in [9.17, 15) is 0 Å². The minimum atomic E-state index is 0.437. The van der Waals surface area contributed by atoms with Crippen molar-refractivity contribution in [2.24, 2.45) is 17.6 Å². The first-order valence-electron chi connectivity index (χ1n) is 6.25. The summed E-state index contributed by atoms with van der Waals surface area (Å²) in [5.74, 6) is 1.40. The molecule has 3 N–H and O–H groups in total. The summed E-state index contributed by atoms with van der Waals surface area (Å²) in [7, 11) is 0. The summed E-state index contributed by atoms with van der Waals surface area (Å²) in [5, 5.41) is 3.81. The Kier molecular flexibility index (Phi) is 3.13. The number of piperidine rings is 1. The third-order valence-corrected chi connectivity index (χ3v) is 4.42. The van der Waals surface area contributed by atoms with Crippen LogP contribution < -0.4 is 11.1 Å². The maximum absolute atomic E-state index is 6.36. The number of fused-ring (bicyclic) bond motifs is 1. The van der Waals surface area contributed by atoms with Gasteiger partial charge in [0.15, 0.2) is 0 Å². The van der Waals surface area contributed by atoms with Gasteiger partial charge in [0.2, 0.25) is 0 Å². The van der Waals surface area contributed by atoms with E-state index >= 15 is 0 Å². The van der Waals surface area contributed by atoms with Crippen molar-refractivity contribution in [3.63, 3.8) is 0 Å².